The van der Waals surface area contributed by atoms with E-state index in [0.29, 0.717) is 18.8 Å². The minimum Gasteiger partial charge on any atom is -0.396 e. The summed E-state index contributed by atoms with van der Waals surface area (Å²) in [5.41, 5.74) is 2.54. The second-order valence-electron chi connectivity index (χ2n) is 4.34. The molecule has 4 N–H and O–H groups in total. The van der Waals surface area contributed by atoms with E-state index < -0.39 is 0 Å². The average molecular weight is 287 g/mol. The quantitative estimate of drug-likeness (QED) is 0.541. The Hall–Kier alpha value is -1.37. The number of hydrogen-bond donors (Lipinski definition) is 3. The average Bonchev–Trinajstić information content (AvgIpc) is 2.39. The van der Waals surface area contributed by atoms with Gasteiger partial charge in [0.2, 0.25) is 0 Å². The number of rotatable bonds is 6. The first-order valence-corrected chi connectivity index (χ1v) is 6.44. The zero-order valence-corrected chi connectivity index (χ0v) is 11.8. The molecule has 0 aliphatic heterocycles. The van der Waals surface area contributed by atoms with Crippen molar-refractivity contribution in [1.29, 1.82) is 0 Å². The smallest absolute Gasteiger partial charge is 0.274 e. The van der Waals surface area contributed by atoms with Crippen molar-refractivity contribution in [3.05, 3.63) is 22.8 Å². The molecular weight excluding hydrogens is 268 g/mol. The number of pyridine rings is 1. The monoisotopic (exact) mass is 286 g/mol. The normalized spacial score (nSPS) is 10.6. The van der Waals surface area contributed by atoms with Gasteiger partial charge in [-0.3, -0.25) is 4.79 Å². The standard InChI is InChI=1S/C12H19ClN4O2/c1-8(2)17(6-3-7-18)12(19)11-9(13)4-5-10(15-11)16-14/h4-5,8,18H,3,6-7,14H2,1-2H3,(H,15,16). The van der Waals surface area contributed by atoms with Crippen LogP contribution in [0.15, 0.2) is 12.1 Å². The molecule has 0 radical (unpaired) electrons. The summed E-state index contributed by atoms with van der Waals surface area (Å²) in [5.74, 6) is 5.37. The van der Waals surface area contributed by atoms with E-state index in [2.05, 4.69) is 10.4 Å². The van der Waals surface area contributed by atoms with Gasteiger partial charge in [-0.1, -0.05) is 11.6 Å². The fourth-order valence-corrected chi connectivity index (χ4v) is 1.83. The molecule has 1 amide bonds. The summed E-state index contributed by atoms with van der Waals surface area (Å²) in [6.45, 7) is 4.27. The lowest BCUT2D eigenvalue weighted by molar-refractivity contribution is 0.0687. The number of aliphatic hydroxyl groups is 1. The number of anilines is 1. The summed E-state index contributed by atoms with van der Waals surface area (Å²) >= 11 is 6.00. The van der Waals surface area contributed by atoms with Crippen LogP contribution >= 0.6 is 11.6 Å². The molecule has 7 heteroatoms. The van der Waals surface area contributed by atoms with E-state index in [1.54, 1.807) is 17.0 Å². The Bertz CT molecular complexity index is 440. The molecule has 0 aliphatic rings. The number of hydrazine groups is 1. The van der Waals surface area contributed by atoms with Gasteiger partial charge in [0.25, 0.3) is 5.91 Å². The van der Waals surface area contributed by atoms with Gasteiger partial charge in [-0.05, 0) is 32.4 Å². The molecule has 0 unspecified atom stereocenters. The molecule has 0 aliphatic carbocycles. The van der Waals surface area contributed by atoms with Crippen LogP contribution in [0.1, 0.15) is 30.8 Å². The fourth-order valence-electron chi connectivity index (χ4n) is 1.64. The number of nitrogens with two attached hydrogens (primary N) is 1. The van der Waals surface area contributed by atoms with Gasteiger partial charge in [0.1, 0.15) is 11.5 Å². The largest absolute Gasteiger partial charge is 0.396 e. The molecule has 0 aromatic carbocycles. The van der Waals surface area contributed by atoms with E-state index in [0.717, 1.165) is 0 Å². The van der Waals surface area contributed by atoms with Crippen molar-refractivity contribution in [2.75, 3.05) is 18.6 Å². The first-order chi connectivity index (χ1) is 9.01. The van der Waals surface area contributed by atoms with Gasteiger partial charge >= 0.3 is 0 Å². The fraction of sp³-hybridized carbons (Fsp3) is 0.500. The molecule has 0 saturated heterocycles. The van der Waals surface area contributed by atoms with Crippen molar-refractivity contribution in [3.63, 3.8) is 0 Å². The van der Waals surface area contributed by atoms with Crippen LogP contribution in [0.5, 0.6) is 0 Å². The summed E-state index contributed by atoms with van der Waals surface area (Å²) in [5, 5.41) is 9.16. The number of amides is 1. The summed E-state index contributed by atoms with van der Waals surface area (Å²) in [4.78, 5) is 18.1. The number of nitrogens with zero attached hydrogens (tertiary/aromatic N) is 2. The molecule has 1 heterocycles. The molecule has 0 atom stereocenters. The predicted molar refractivity (Wildman–Crippen MR) is 74.9 cm³/mol. The van der Waals surface area contributed by atoms with Crippen molar-refractivity contribution >= 4 is 23.3 Å². The summed E-state index contributed by atoms with van der Waals surface area (Å²) in [6, 6.07) is 3.15. The lowest BCUT2D eigenvalue weighted by Gasteiger charge is -2.26. The maximum Gasteiger partial charge on any atom is 0.274 e. The minimum atomic E-state index is -0.273. The Balaban J connectivity index is 3.01. The van der Waals surface area contributed by atoms with Gasteiger partial charge < -0.3 is 15.4 Å². The zero-order valence-electron chi connectivity index (χ0n) is 11.1. The summed E-state index contributed by atoms with van der Waals surface area (Å²) < 4.78 is 0. The predicted octanol–water partition coefficient (Wildman–Crippen LogP) is 1.25. The number of nitrogen functional groups attached to an aromatic ring is 1. The number of carbonyl (C=O) groups excluding carboxylic acids is 1. The number of nitrogens with one attached hydrogen (secondary N) is 1. The Labute approximate surface area is 117 Å². The van der Waals surface area contributed by atoms with Crippen LogP contribution < -0.4 is 11.3 Å². The van der Waals surface area contributed by atoms with Gasteiger partial charge in [-0.2, -0.15) is 0 Å². The summed E-state index contributed by atoms with van der Waals surface area (Å²) in [7, 11) is 0. The molecule has 106 valence electrons. The third-order valence-electron chi connectivity index (χ3n) is 2.64. The van der Waals surface area contributed by atoms with Gasteiger partial charge in [-0.15, -0.1) is 0 Å². The first-order valence-electron chi connectivity index (χ1n) is 6.06. The van der Waals surface area contributed by atoms with Crippen molar-refractivity contribution in [2.24, 2.45) is 5.84 Å². The third-order valence-corrected chi connectivity index (χ3v) is 2.94. The lowest BCUT2D eigenvalue weighted by Crippen LogP contribution is -2.38. The number of aliphatic hydroxyl groups excluding tert-OH is 1. The molecule has 6 nitrogen and oxygen atoms in total. The highest BCUT2D eigenvalue weighted by Crippen LogP contribution is 2.19. The van der Waals surface area contributed by atoms with E-state index >= 15 is 0 Å². The highest BCUT2D eigenvalue weighted by molar-refractivity contribution is 6.33. The molecule has 0 bridgehead atoms. The number of hydrogen-bond acceptors (Lipinski definition) is 5. The molecule has 0 saturated carbocycles. The van der Waals surface area contributed by atoms with Crippen LogP contribution in [0.2, 0.25) is 5.02 Å². The molecule has 19 heavy (non-hydrogen) atoms. The number of aromatic nitrogens is 1. The van der Waals surface area contributed by atoms with Gasteiger partial charge in [-0.25, -0.2) is 10.8 Å². The van der Waals surface area contributed by atoms with Crippen molar-refractivity contribution in [2.45, 2.75) is 26.3 Å². The summed E-state index contributed by atoms with van der Waals surface area (Å²) in [6.07, 6.45) is 0.510. The molecular formula is C12H19ClN4O2. The van der Waals surface area contributed by atoms with E-state index in [4.69, 9.17) is 22.6 Å². The second kappa shape index (κ2) is 7.28. The van der Waals surface area contributed by atoms with Crippen molar-refractivity contribution in [1.82, 2.24) is 9.88 Å². The Morgan fingerprint density at radius 1 is 1.58 bits per heavy atom. The van der Waals surface area contributed by atoms with Crippen molar-refractivity contribution in [3.8, 4) is 0 Å². The zero-order chi connectivity index (χ0) is 14.4. The van der Waals surface area contributed by atoms with E-state index in [1.807, 2.05) is 13.8 Å². The highest BCUT2D eigenvalue weighted by Gasteiger charge is 2.22. The van der Waals surface area contributed by atoms with Crippen LogP contribution in [-0.4, -0.2) is 40.1 Å². The van der Waals surface area contributed by atoms with Crippen LogP contribution in [0.4, 0.5) is 5.82 Å². The third kappa shape index (κ3) is 4.05. The maximum atomic E-state index is 12.4. The van der Waals surface area contributed by atoms with Crippen LogP contribution in [0, 0.1) is 0 Å². The Morgan fingerprint density at radius 3 is 2.79 bits per heavy atom. The Kier molecular flexibility index (Phi) is 6.01. The second-order valence-corrected chi connectivity index (χ2v) is 4.75. The molecule has 1 aromatic heterocycles. The molecule has 0 spiro atoms. The SMILES string of the molecule is CC(C)N(CCCO)C(=O)c1nc(NN)ccc1Cl. The maximum absolute atomic E-state index is 12.4. The van der Waals surface area contributed by atoms with Gasteiger partial charge in [0.15, 0.2) is 0 Å². The van der Waals surface area contributed by atoms with Crippen molar-refractivity contribution < 1.29 is 9.90 Å². The lowest BCUT2D eigenvalue weighted by atomic mass is 10.2. The number of halogens is 1. The topological polar surface area (TPSA) is 91.5 Å². The van der Waals surface area contributed by atoms with E-state index in [1.165, 1.54) is 0 Å². The first kappa shape index (κ1) is 15.7. The van der Waals surface area contributed by atoms with E-state index in [9.17, 15) is 4.79 Å². The van der Waals surface area contributed by atoms with Crippen LogP contribution in [-0.2, 0) is 0 Å². The number of carbonyl (C=O) groups is 1. The molecule has 1 aromatic rings. The van der Waals surface area contributed by atoms with Gasteiger partial charge in [0.05, 0.1) is 5.02 Å². The van der Waals surface area contributed by atoms with Crippen LogP contribution in [0.3, 0.4) is 0 Å². The minimum absolute atomic E-state index is 0.00796. The van der Waals surface area contributed by atoms with E-state index in [-0.39, 0.29) is 29.3 Å². The van der Waals surface area contributed by atoms with Gasteiger partial charge in [0, 0.05) is 19.2 Å². The highest BCUT2D eigenvalue weighted by atomic mass is 35.5. The molecule has 0 fully saturated rings. The van der Waals surface area contributed by atoms with Crippen LogP contribution in [0.25, 0.3) is 0 Å². The Morgan fingerprint density at radius 2 is 2.26 bits per heavy atom. The molecule has 1 rings (SSSR count).